The van der Waals surface area contributed by atoms with E-state index in [1.54, 1.807) is 4.90 Å². The Labute approximate surface area is 96.6 Å². The van der Waals surface area contributed by atoms with E-state index in [9.17, 15) is 9.18 Å². The number of amides is 1. The van der Waals surface area contributed by atoms with Gasteiger partial charge in [0.1, 0.15) is 5.82 Å². The fourth-order valence-corrected chi connectivity index (χ4v) is 1.84. The van der Waals surface area contributed by atoms with E-state index in [1.165, 1.54) is 6.07 Å². The van der Waals surface area contributed by atoms with Crippen LogP contribution in [0.5, 0.6) is 0 Å². The molecule has 1 aliphatic heterocycles. The highest BCUT2D eigenvalue weighted by molar-refractivity contribution is 6.36. The van der Waals surface area contributed by atoms with Crippen LogP contribution in [0.25, 0.3) is 0 Å². The summed E-state index contributed by atoms with van der Waals surface area (Å²) in [6, 6.07) is 2.34. The maximum Gasteiger partial charge on any atom is 0.255 e. The third-order valence-electron chi connectivity index (χ3n) is 2.38. The summed E-state index contributed by atoms with van der Waals surface area (Å²) in [6.07, 6.45) is 0.986. The molecule has 5 heteroatoms. The zero-order valence-electron chi connectivity index (χ0n) is 7.77. The summed E-state index contributed by atoms with van der Waals surface area (Å²) in [5.74, 6) is -0.855. The van der Waals surface area contributed by atoms with Crippen LogP contribution in [-0.2, 0) is 0 Å². The van der Waals surface area contributed by atoms with Gasteiger partial charge in [0, 0.05) is 13.1 Å². The molecule has 0 N–H and O–H groups in total. The predicted octanol–water partition coefficient (Wildman–Crippen LogP) is 2.98. The van der Waals surface area contributed by atoms with E-state index in [1.807, 2.05) is 0 Å². The molecule has 1 amide bonds. The molecule has 80 valence electrons. The minimum atomic E-state index is -0.620. The van der Waals surface area contributed by atoms with Gasteiger partial charge in [0.25, 0.3) is 5.91 Å². The minimum absolute atomic E-state index is 0.0693. The molecule has 0 bridgehead atoms. The SMILES string of the molecule is O=C(c1cc(F)c(Cl)cc1Cl)N1CCC1. The molecule has 0 saturated carbocycles. The van der Waals surface area contributed by atoms with Gasteiger partial charge in [0.05, 0.1) is 15.6 Å². The van der Waals surface area contributed by atoms with E-state index in [0.717, 1.165) is 12.5 Å². The van der Waals surface area contributed by atoms with Crippen molar-refractivity contribution in [2.45, 2.75) is 6.42 Å². The first-order valence-corrected chi connectivity index (χ1v) is 5.29. The van der Waals surface area contributed by atoms with Crippen LogP contribution >= 0.6 is 23.2 Å². The van der Waals surface area contributed by atoms with Gasteiger partial charge in [-0.1, -0.05) is 23.2 Å². The van der Waals surface area contributed by atoms with Crippen molar-refractivity contribution in [1.82, 2.24) is 4.90 Å². The molecular weight excluding hydrogens is 240 g/mol. The van der Waals surface area contributed by atoms with E-state index in [4.69, 9.17) is 23.2 Å². The monoisotopic (exact) mass is 247 g/mol. The molecule has 0 spiro atoms. The molecule has 2 nitrogen and oxygen atoms in total. The lowest BCUT2D eigenvalue weighted by Gasteiger charge is -2.31. The van der Waals surface area contributed by atoms with Gasteiger partial charge in [-0.25, -0.2) is 4.39 Å². The van der Waals surface area contributed by atoms with E-state index in [-0.39, 0.29) is 21.5 Å². The number of hydrogen-bond acceptors (Lipinski definition) is 1. The Kier molecular flexibility index (Phi) is 2.85. The van der Waals surface area contributed by atoms with E-state index < -0.39 is 5.82 Å². The molecule has 1 aromatic carbocycles. The summed E-state index contributed by atoms with van der Waals surface area (Å²) in [5, 5.41) is 0.124. The summed E-state index contributed by atoms with van der Waals surface area (Å²) in [7, 11) is 0. The Morgan fingerprint density at radius 3 is 2.47 bits per heavy atom. The predicted molar refractivity (Wildman–Crippen MR) is 56.9 cm³/mol. The Balaban J connectivity index is 2.34. The lowest BCUT2D eigenvalue weighted by molar-refractivity contribution is 0.0651. The number of hydrogen-bond donors (Lipinski definition) is 0. The summed E-state index contributed by atoms with van der Waals surface area (Å²) >= 11 is 11.4. The third-order valence-corrected chi connectivity index (χ3v) is 2.99. The number of nitrogens with zero attached hydrogens (tertiary/aromatic N) is 1. The van der Waals surface area contributed by atoms with E-state index >= 15 is 0 Å². The average Bonchev–Trinajstić information content (AvgIpc) is 2.08. The quantitative estimate of drug-likeness (QED) is 0.699. The van der Waals surface area contributed by atoms with Gasteiger partial charge in [-0.15, -0.1) is 0 Å². The Bertz CT molecular complexity index is 418. The molecule has 0 unspecified atom stereocenters. The largest absolute Gasteiger partial charge is 0.338 e. The molecule has 1 heterocycles. The molecule has 1 aromatic rings. The topological polar surface area (TPSA) is 20.3 Å². The Morgan fingerprint density at radius 1 is 1.27 bits per heavy atom. The number of halogens is 3. The molecule has 0 atom stereocenters. The normalized spacial score (nSPS) is 15.0. The zero-order valence-corrected chi connectivity index (χ0v) is 9.28. The van der Waals surface area contributed by atoms with Crippen molar-refractivity contribution in [3.63, 3.8) is 0 Å². The first-order valence-electron chi connectivity index (χ1n) is 4.53. The smallest absolute Gasteiger partial charge is 0.255 e. The summed E-state index contributed by atoms with van der Waals surface area (Å²) < 4.78 is 13.1. The molecule has 0 aromatic heterocycles. The second kappa shape index (κ2) is 3.99. The van der Waals surface area contributed by atoms with Crippen LogP contribution in [0.2, 0.25) is 10.0 Å². The van der Waals surface area contributed by atoms with Crippen molar-refractivity contribution in [2.75, 3.05) is 13.1 Å². The van der Waals surface area contributed by atoms with Gasteiger partial charge >= 0.3 is 0 Å². The van der Waals surface area contributed by atoms with Crippen LogP contribution in [-0.4, -0.2) is 23.9 Å². The molecule has 2 rings (SSSR count). The van der Waals surface area contributed by atoms with Crippen LogP contribution in [0.15, 0.2) is 12.1 Å². The highest BCUT2D eigenvalue weighted by Gasteiger charge is 2.24. The van der Waals surface area contributed by atoms with Crippen LogP contribution < -0.4 is 0 Å². The van der Waals surface area contributed by atoms with Crippen LogP contribution in [0.3, 0.4) is 0 Å². The van der Waals surface area contributed by atoms with Crippen molar-refractivity contribution in [1.29, 1.82) is 0 Å². The van der Waals surface area contributed by atoms with E-state index in [0.29, 0.717) is 13.1 Å². The molecule has 0 aliphatic carbocycles. The first-order chi connectivity index (χ1) is 7.09. The molecule has 15 heavy (non-hydrogen) atoms. The molecule has 1 saturated heterocycles. The van der Waals surface area contributed by atoms with Crippen molar-refractivity contribution in [2.24, 2.45) is 0 Å². The fraction of sp³-hybridized carbons (Fsp3) is 0.300. The summed E-state index contributed by atoms with van der Waals surface area (Å²) in [6.45, 7) is 1.42. The van der Waals surface area contributed by atoms with Gasteiger partial charge in [-0.05, 0) is 18.6 Å². The minimum Gasteiger partial charge on any atom is -0.338 e. The van der Waals surface area contributed by atoms with Gasteiger partial charge in [-0.3, -0.25) is 4.79 Å². The molecule has 1 aliphatic rings. The van der Waals surface area contributed by atoms with Crippen molar-refractivity contribution < 1.29 is 9.18 Å². The summed E-state index contributed by atoms with van der Waals surface area (Å²) in [5.41, 5.74) is 0.179. The second-order valence-corrected chi connectivity index (χ2v) is 4.21. The maximum atomic E-state index is 13.1. The highest BCUT2D eigenvalue weighted by Crippen LogP contribution is 2.26. The van der Waals surface area contributed by atoms with Gasteiger partial charge in [0.15, 0.2) is 0 Å². The van der Waals surface area contributed by atoms with Crippen molar-refractivity contribution >= 4 is 29.1 Å². The van der Waals surface area contributed by atoms with Crippen LogP contribution in [0.1, 0.15) is 16.8 Å². The van der Waals surface area contributed by atoms with Gasteiger partial charge in [-0.2, -0.15) is 0 Å². The number of benzene rings is 1. The molecular formula is C10H8Cl2FNO. The number of carbonyl (C=O) groups is 1. The summed E-state index contributed by atoms with van der Waals surface area (Å²) in [4.78, 5) is 13.4. The van der Waals surface area contributed by atoms with Gasteiger partial charge in [0.2, 0.25) is 0 Å². The number of carbonyl (C=O) groups excluding carboxylic acids is 1. The number of likely N-dealkylation sites (tertiary alicyclic amines) is 1. The van der Waals surface area contributed by atoms with Crippen LogP contribution in [0.4, 0.5) is 4.39 Å². The zero-order chi connectivity index (χ0) is 11.0. The Hall–Kier alpha value is -0.800. The molecule has 1 fully saturated rings. The number of rotatable bonds is 1. The van der Waals surface area contributed by atoms with Crippen LogP contribution in [0, 0.1) is 5.82 Å². The highest BCUT2D eigenvalue weighted by atomic mass is 35.5. The fourth-order valence-electron chi connectivity index (χ4n) is 1.38. The maximum absolute atomic E-state index is 13.1. The third kappa shape index (κ3) is 1.94. The average molecular weight is 248 g/mol. The standard InChI is InChI=1S/C10H8Cl2FNO/c11-7-5-8(12)9(13)4-6(7)10(15)14-2-1-3-14/h4-5H,1-3H2. The van der Waals surface area contributed by atoms with Gasteiger partial charge < -0.3 is 4.90 Å². The lowest BCUT2D eigenvalue weighted by Crippen LogP contribution is -2.42. The van der Waals surface area contributed by atoms with E-state index in [2.05, 4.69) is 0 Å². The second-order valence-electron chi connectivity index (χ2n) is 3.39. The first kappa shape index (κ1) is 10.7. The lowest BCUT2D eigenvalue weighted by atomic mass is 10.1. The Morgan fingerprint density at radius 2 is 1.93 bits per heavy atom. The van der Waals surface area contributed by atoms with Crippen molar-refractivity contribution in [3.8, 4) is 0 Å². The van der Waals surface area contributed by atoms with Crippen molar-refractivity contribution in [3.05, 3.63) is 33.6 Å². The molecule has 0 radical (unpaired) electrons.